The monoisotopic (exact) mass is 382 g/mol. The van der Waals surface area contributed by atoms with Gasteiger partial charge in [-0.05, 0) is 91.3 Å². The first-order valence-corrected chi connectivity index (χ1v) is 12.1. The molecule has 0 heterocycles. The number of carbonyl (C=O) groups excluding carboxylic acids is 1. The van der Waals surface area contributed by atoms with E-state index in [9.17, 15) is 4.79 Å². The highest BCUT2D eigenvalue weighted by Crippen LogP contribution is 2.67. The van der Waals surface area contributed by atoms with Crippen molar-refractivity contribution in [3.63, 3.8) is 0 Å². The van der Waals surface area contributed by atoms with Crippen molar-refractivity contribution in [3.8, 4) is 0 Å². The van der Waals surface area contributed by atoms with Gasteiger partial charge in [-0.25, -0.2) is 0 Å². The van der Waals surface area contributed by atoms with Crippen molar-refractivity contribution in [1.29, 1.82) is 0 Å². The Morgan fingerprint density at radius 3 is 2.57 bits per heavy atom. The summed E-state index contributed by atoms with van der Waals surface area (Å²) in [7, 11) is 0. The summed E-state index contributed by atoms with van der Waals surface area (Å²) in [6, 6.07) is 0. The highest BCUT2D eigenvalue weighted by Gasteiger charge is 2.61. The molecule has 156 valence electrons. The van der Waals surface area contributed by atoms with E-state index in [0.717, 1.165) is 42.9 Å². The predicted molar refractivity (Wildman–Crippen MR) is 118 cm³/mol. The number of hydrogen-bond acceptors (Lipinski definition) is 1. The summed E-state index contributed by atoms with van der Waals surface area (Å²) in [4.78, 5) is 13.2. The fourth-order valence-electron chi connectivity index (χ4n) is 8.26. The minimum atomic E-state index is 0.233. The van der Waals surface area contributed by atoms with Gasteiger partial charge in [0.25, 0.3) is 0 Å². The molecule has 4 aliphatic rings. The zero-order chi connectivity index (χ0) is 20.1. The topological polar surface area (TPSA) is 17.1 Å². The molecule has 0 aromatic heterocycles. The van der Waals surface area contributed by atoms with Gasteiger partial charge in [0.05, 0.1) is 0 Å². The lowest BCUT2D eigenvalue weighted by Crippen LogP contribution is -2.55. The van der Waals surface area contributed by atoms with Gasteiger partial charge < -0.3 is 0 Å². The maximum atomic E-state index is 13.2. The molecular formula is C27H42O. The molecule has 3 saturated carbocycles. The fraction of sp³-hybridized carbons (Fsp3) is 0.815. The number of rotatable bonds is 4. The number of Topliss-reactive ketones (excluding diaryl/α,β-unsaturated/α-hetero) is 1. The van der Waals surface area contributed by atoms with E-state index in [-0.39, 0.29) is 5.41 Å². The van der Waals surface area contributed by atoms with Crippen LogP contribution in [0.25, 0.3) is 0 Å². The normalized spacial score (nSPS) is 46.5. The van der Waals surface area contributed by atoms with Crippen LogP contribution in [0.1, 0.15) is 86.0 Å². The van der Waals surface area contributed by atoms with Crippen molar-refractivity contribution in [2.24, 2.45) is 52.3 Å². The van der Waals surface area contributed by atoms with Crippen LogP contribution in [0.5, 0.6) is 0 Å². The summed E-state index contributed by atoms with van der Waals surface area (Å²) in [6.45, 7) is 12.1. The summed E-state index contributed by atoms with van der Waals surface area (Å²) in [6.07, 6.45) is 19.3. The Morgan fingerprint density at radius 1 is 1.07 bits per heavy atom. The largest absolute Gasteiger partial charge is 0.299 e. The first kappa shape index (κ1) is 20.4. The summed E-state index contributed by atoms with van der Waals surface area (Å²) < 4.78 is 0. The third-order valence-corrected chi connectivity index (χ3v) is 9.76. The number of hydrogen-bond donors (Lipinski definition) is 0. The molecule has 0 saturated heterocycles. The summed E-state index contributed by atoms with van der Waals surface area (Å²) in [5.41, 5.74) is 0.674. The lowest BCUT2D eigenvalue weighted by molar-refractivity contribution is -0.149. The van der Waals surface area contributed by atoms with Gasteiger partial charge >= 0.3 is 0 Å². The number of allylic oxidation sites excluding steroid dienone is 4. The van der Waals surface area contributed by atoms with Crippen LogP contribution in [0.2, 0.25) is 0 Å². The lowest BCUT2D eigenvalue weighted by atomic mass is 9.45. The van der Waals surface area contributed by atoms with Gasteiger partial charge in [-0.2, -0.15) is 0 Å². The van der Waals surface area contributed by atoms with Gasteiger partial charge in [0, 0.05) is 12.3 Å². The van der Waals surface area contributed by atoms with E-state index in [0.29, 0.717) is 29.0 Å². The van der Waals surface area contributed by atoms with Crippen LogP contribution in [-0.2, 0) is 4.79 Å². The minimum absolute atomic E-state index is 0.233. The molecule has 4 rings (SSSR count). The average molecular weight is 383 g/mol. The van der Waals surface area contributed by atoms with Crippen LogP contribution in [0.4, 0.5) is 0 Å². The Bertz CT molecular complexity index is 657. The minimum Gasteiger partial charge on any atom is -0.299 e. The second-order valence-corrected chi connectivity index (χ2v) is 11.7. The van der Waals surface area contributed by atoms with Crippen molar-refractivity contribution < 1.29 is 4.79 Å². The summed E-state index contributed by atoms with van der Waals surface area (Å²) in [5, 5.41) is 0. The first-order chi connectivity index (χ1) is 13.3. The standard InChI is InChI=1S/C27H42O/c1-18(2)9-8-10-19(3)21-12-13-22-20-17-25(28)24-11-6-7-15-26(24,4)23(20)14-16-27(21,22)5/h6-8,10,18-24H,9,11-17H2,1-5H3/t19-,20+,21-,22+,23+,24-,26-,27-/m1/s1. The van der Waals surface area contributed by atoms with E-state index >= 15 is 0 Å². The van der Waals surface area contributed by atoms with Crippen LogP contribution < -0.4 is 0 Å². The number of ketones is 1. The predicted octanol–water partition coefficient (Wildman–Crippen LogP) is 7.23. The molecule has 0 spiro atoms. The molecule has 8 atom stereocenters. The Morgan fingerprint density at radius 2 is 1.82 bits per heavy atom. The van der Waals surface area contributed by atoms with Crippen LogP contribution in [0.3, 0.4) is 0 Å². The second-order valence-electron chi connectivity index (χ2n) is 11.7. The lowest BCUT2D eigenvalue weighted by Gasteiger charge is -2.59. The van der Waals surface area contributed by atoms with Gasteiger partial charge in [0.1, 0.15) is 5.78 Å². The molecule has 4 aliphatic carbocycles. The zero-order valence-corrected chi connectivity index (χ0v) is 18.9. The maximum Gasteiger partial charge on any atom is 0.137 e. The van der Waals surface area contributed by atoms with E-state index < -0.39 is 0 Å². The maximum absolute atomic E-state index is 13.2. The van der Waals surface area contributed by atoms with E-state index in [1.54, 1.807) is 0 Å². The fourth-order valence-corrected chi connectivity index (χ4v) is 8.26. The third-order valence-electron chi connectivity index (χ3n) is 9.76. The molecule has 0 aliphatic heterocycles. The molecule has 0 bridgehead atoms. The Labute approximate surface area is 173 Å². The molecule has 0 radical (unpaired) electrons. The molecule has 1 heteroatoms. The van der Waals surface area contributed by atoms with Crippen molar-refractivity contribution >= 4 is 5.78 Å². The molecule has 1 nitrogen and oxygen atoms in total. The first-order valence-electron chi connectivity index (χ1n) is 12.1. The van der Waals surface area contributed by atoms with Crippen molar-refractivity contribution in [2.45, 2.75) is 86.0 Å². The molecule has 0 N–H and O–H groups in total. The summed E-state index contributed by atoms with van der Waals surface area (Å²) >= 11 is 0. The van der Waals surface area contributed by atoms with Crippen LogP contribution in [0, 0.1) is 52.3 Å². The molecule has 3 fully saturated rings. The molecule has 0 aromatic carbocycles. The zero-order valence-electron chi connectivity index (χ0n) is 18.9. The van der Waals surface area contributed by atoms with Crippen LogP contribution in [0.15, 0.2) is 24.3 Å². The van der Waals surface area contributed by atoms with Gasteiger partial charge in [-0.3, -0.25) is 4.79 Å². The number of fused-ring (bicyclic) bond motifs is 5. The smallest absolute Gasteiger partial charge is 0.137 e. The van der Waals surface area contributed by atoms with Gasteiger partial charge in [-0.15, -0.1) is 0 Å². The van der Waals surface area contributed by atoms with Crippen molar-refractivity contribution in [2.75, 3.05) is 0 Å². The molecular weight excluding hydrogens is 340 g/mol. The van der Waals surface area contributed by atoms with Crippen LogP contribution in [-0.4, -0.2) is 5.78 Å². The number of carbonyl (C=O) groups is 1. The Kier molecular flexibility index (Phi) is 5.43. The Balaban J connectivity index is 1.55. The SMILES string of the molecule is CC(C)CC=C[C@@H](C)[C@H]1CC[C@H]2[C@@H]3CC(=O)[C@H]4CC=CC[C@]4(C)[C@H]3CC[C@]12C. The van der Waals surface area contributed by atoms with E-state index in [2.05, 4.69) is 58.9 Å². The Hall–Kier alpha value is -0.850. The van der Waals surface area contributed by atoms with Gasteiger partial charge in [-0.1, -0.05) is 58.9 Å². The van der Waals surface area contributed by atoms with Crippen molar-refractivity contribution in [1.82, 2.24) is 0 Å². The summed E-state index contributed by atoms with van der Waals surface area (Å²) in [5.74, 6) is 5.30. The third kappa shape index (κ3) is 3.16. The average Bonchev–Trinajstić information content (AvgIpc) is 2.99. The quantitative estimate of drug-likeness (QED) is 0.469. The van der Waals surface area contributed by atoms with E-state index in [4.69, 9.17) is 0 Å². The molecule has 0 unspecified atom stereocenters. The van der Waals surface area contributed by atoms with E-state index in [1.165, 1.54) is 32.1 Å². The van der Waals surface area contributed by atoms with Crippen molar-refractivity contribution in [3.05, 3.63) is 24.3 Å². The van der Waals surface area contributed by atoms with Gasteiger partial charge in [0.15, 0.2) is 0 Å². The highest BCUT2D eigenvalue weighted by atomic mass is 16.1. The molecule has 0 aromatic rings. The molecule has 28 heavy (non-hydrogen) atoms. The van der Waals surface area contributed by atoms with Crippen LogP contribution >= 0.6 is 0 Å². The van der Waals surface area contributed by atoms with Gasteiger partial charge in [0.2, 0.25) is 0 Å². The molecule has 0 amide bonds. The van der Waals surface area contributed by atoms with E-state index in [1.807, 2.05) is 0 Å². The highest BCUT2D eigenvalue weighted by molar-refractivity contribution is 5.83. The second kappa shape index (κ2) is 7.44.